The molecule has 0 spiro atoms. The fourth-order valence-electron chi connectivity index (χ4n) is 1.56. The van der Waals surface area contributed by atoms with Gasteiger partial charge in [-0.3, -0.25) is 9.52 Å². The molecule has 1 atom stereocenters. The lowest BCUT2D eigenvalue weighted by atomic mass is 10.1. The van der Waals surface area contributed by atoms with Gasteiger partial charge in [-0.15, -0.1) is 0 Å². The van der Waals surface area contributed by atoms with Crippen LogP contribution in [0.25, 0.3) is 0 Å². The molecule has 0 heterocycles. The number of carboxylic acids is 1. The molecule has 1 aromatic carbocycles. The van der Waals surface area contributed by atoms with Crippen molar-refractivity contribution in [1.29, 1.82) is 0 Å². The minimum atomic E-state index is -3.93. The van der Waals surface area contributed by atoms with Crippen LogP contribution in [0, 0.1) is 5.92 Å². The Bertz CT molecular complexity index is 557. The quantitative estimate of drug-likeness (QED) is 0.690. The van der Waals surface area contributed by atoms with Crippen molar-refractivity contribution in [3.8, 4) is 0 Å². The van der Waals surface area contributed by atoms with Gasteiger partial charge in [0.25, 0.3) is 10.2 Å². The van der Waals surface area contributed by atoms with Crippen LogP contribution in [0.4, 0.5) is 5.69 Å². The van der Waals surface area contributed by atoms with Crippen molar-refractivity contribution in [1.82, 2.24) is 4.72 Å². The number of carboxylic acid groups (broad SMARTS) is 1. The summed E-state index contributed by atoms with van der Waals surface area (Å²) in [4.78, 5) is 11.0. The lowest BCUT2D eigenvalue weighted by molar-refractivity contribution is -0.139. The number of carbonyl (C=O) groups is 1. The summed E-state index contributed by atoms with van der Waals surface area (Å²) < 4.78 is 29.0. The van der Waals surface area contributed by atoms with Crippen molar-refractivity contribution in [2.24, 2.45) is 5.92 Å². The molecule has 0 aromatic heterocycles. The van der Waals surface area contributed by atoms with Gasteiger partial charge in [-0.05, 0) is 36.6 Å². The van der Waals surface area contributed by atoms with Crippen molar-refractivity contribution in [3.63, 3.8) is 0 Å². The minimum absolute atomic E-state index is 0.0616. The Hall–Kier alpha value is -1.12. The average molecular weight is 365 g/mol. The molecular weight excluding hydrogens is 348 g/mol. The minimum Gasteiger partial charge on any atom is -0.480 e. The van der Waals surface area contributed by atoms with Gasteiger partial charge in [-0.1, -0.05) is 29.8 Å². The number of hydrogen-bond acceptors (Lipinski definition) is 3. The van der Waals surface area contributed by atoms with Crippen LogP contribution >= 0.6 is 15.9 Å². The maximum Gasteiger partial charge on any atom is 0.321 e. The second-order valence-corrected chi connectivity index (χ2v) is 7.11. The van der Waals surface area contributed by atoms with E-state index in [9.17, 15) is 13.2 Å². The molecule has 0 fully saturated rings. The summed E-state index contributed by atoms with van der Waals surface area (Å²) in [6.45, 7) is 3.65. The molecule has 20 heavy (non-hydrogen) atoms. The van der Waals surface area contributed by atoms with Crippen molar-refractivity contribution in [3.05, 3.63) is 28.7 Å². The highest BCUT2D eigenvalue weighted by molar-refractivity contribution is 9.10. The van der Waals surface area contributed by atoms with Crippen LogP contribution in [0.3, 0.4) is 0 Å². The van der Waals surface area contributed by atoms with Gasteiger partial charge in [-0.2, -0.15) is 13.1 Å². The van der Waals surface area contributed by atoms with E-state index < -0.39 is 22.2 Å². The molecule has 0 amide bonds. The van der Waals surface area contributed by atoms with Gasteiger partial charge in [0, 0.05) is 10.2 Å². The second kappa shape index (κ2) is 7.05. The zero-order valence-corrected chi connectivity index (χ0v) is 13.5. The van der Waals surface area contributed by atoms with E-state index in [1.54, 1.807) is 24.3 Å². The third kappa shape index (κ3) is 5.89. The van der Waals surface area contributed by atoms with Gasteiger partial charge in [-0.25, -0.2) is 0 Å². The monoisotopic (exact) mass is 364 g/mol. The Morgan fingerprint density at radius 3 is 2.30 bits per heavy atom. The molecule has 8 heteroatoms. The Labute approximate surface area is 126 Å². The Kier molecular flexibility index (Phi) is 5.97. The zero-order valence-electron chi connectivity index (χ0n) is 11.1. The van der Waals surface area contributed by atoms with Gasteiger partial charge in [0.1, 0.15) is 6.04 Å². The number of anilines is 1. The first-order valence-electron chi connectivity index (χ1n) is 5.98. The molecule has 3 N–H and O–H groups in total. The number of benzene rings is 1. The van der Waals surface area contributed by atoms with Crippen molar-refractivity contribution >= 4 is 37.8 Å². The normalized spacial score (nSPS) is 13.2. The summed E-state index contributed by atoms with van der Waals surface area (Å²) in [6, 6.07) is 5.35. The molecule has 0 saturated heterocycles. The number of nitrogens with one attached hydrogen (secondary N) is 2. The van der Waals surface area contributed by atoms with E-state index in [4.69, 9.17) is 5.11 Å². The van der Waals surface area contributed by atoms with Gasteiger partial charge >= 0.3 is 5.97 Å². The molecule has 0 aliphatic heterocycles. The first-order chi connectivity index (χ1) is 9.19. The summed E-state index contributed by atoms with van der Waals surface area (Å²) in [5.41, 5.74) is 0.356. The summed E-state index contributed by atoms with van der Waals surface area (Å²) in [5.74, 6) is -1.13. The standard InChI is InChI=1S/C12H17BrN2O4S/c1-8(2)7-11(12(16)17)15-20(18,19)14-10-5-3-9(13)4-6-10/h3-6,8,11,14-15H,7H2,1-2H3,(H,16,17)/t11-/m0/s1. The summed E-state index contributed by atoms with van der Waals surface area (Å²) in [7, 11) is -3.93. The van der Waals surface area contributed by atoms with Crippen LogP contribution in [-0.2, 0) is 15.0 Å². The number of aliphatic carboxylic acids is 1. The smallest absolute Gasteiger partial charge is 0.321 e. The molecule has 0 bridgehead atoms. The largest absolute Gasteiger partial charge is 0.480 e. The molecule has 112 valence electrons. The number of hydrogen-bond donors (Lipinski definition) is 3. The zero-order chi connectivity index (χ0) is 15.3. The van der Waals surface area contributed by atoms with E-state index in [2.05, 4.69) is 25.4 Å². The van der Waals surface area contributed by atoms with Crippen molar-refractivity contribution in [2.75, 3.05) is 4.72 Å². The van der Waals surface area contributed by atoms with Gasteiger partial charge in [0.15, 0.2) is 0 Å². The first-order valence-corrected chi connectivity index (χ1v) is 8.25. The molecule has 6 nitrogen and oxygen atoms in total. The molecule has 0 unspecified atom stereocenters. The average Bonchev–Trinajstić information content (AvgIpc) is 2.30. The Morgan fingerprint density at radius 2 is 1.85 bits per heavy atom. The second-order valence-electron chi connectivity index (χ2n) is 4.75. The summed E-state index contributed by atoms with van der Waals surface area (Å²) >= 11 is 3.24. The SMILES string of the molecule is CC(C)C[C@H](NS(=O)(=O)Nc1ccc(Br)cc1)C(=O)O. The van der Waals surface area contributed by atoms with Crippen LogP contribution in [-0.4, -0.2) is 25.5 Å². The predicted molar refractivity (Wildman–Crippen MR) is 80.7 cm³/mol. The molecule has 0 aliphatic rings. The van der Waals surface area contributed by atoms with E-state index in [-0.39, 0.29) is 12.3 Å². The maximum absolute atomic E-state index is 11.9. The fourth-order valence-corrected chi connectivity index (χ4v) is 2.90. The molecule has 0 radical (unpaired) electrons. The van der Waals surface area contributed by atoms with Crippen LogP contribution in [0.5, 0.6) is 0 Å². The molecular formula is C12H17BrN2O4S. The lowest BCUT2D eigenvalue weighted by Gasteiger charge is -2.17. The highest BCUT2D eigenvalue weighted by atomic mass is 79.9. The van der Waals surface area contributed by atoms with E-state index in [1.165, 1.54) is 0 Å². The predicted octanol–water partition coefficient (Wildman–Crippen LogP) is 2.19. The van der Waals surface area contributed by atoms with Crippen LogP contribution < -0.4 is 9.44 Å². The van der Waals surface area contributed by atoms with Gasteiger partial charge < -0.3 is 5.11 Å². The highest BCUT2D eigenvalue weighted by Crippen LogP contribution is 2.15. The van der Waals surface area contributed by atoms with Gasteiger partial charge in [0.2, 0.25) is 0 Å². The van der Waals surface area contributed by atoms with E-state index in [1.807, 2.05) is 13.8 Å². The molecule has 1 aromatic rings. The first kappa shape index (κ1) is 16.9. The summed E-state index contributed by atoms with van der Waals surface area (Å²) in [6.07, 6.45) is 0.219. The van der Waals surface area contributed by atoms with Crippen LogP contribution in [0.15, 0.2) is 28.7 Å². The van der Waals surface area contributed by atoms with E-state index >= 15 is 0 Å². The molecule has 0 saturated carbocycles. The topological polar surface area (TPSA) is 95.5 Å². The highest BCUT2D eigenvalue weighted by Gasteiger charge is 2.24. The van der Waals surface area contributed by atoms with Gasteiger partial charge in [0.05, 0.1) is 0 Å². The molecule has 0 aliphatic carbocycles. The lowest BCUT2D eigenvalue weighted by Crippen LogP contribution is -2.44. The van der Waals surface area contributed by atoms with Crippen molar-refractivity contribution in [2.45, 2.75) is 26.3 Å². The molecule has 1 rings (SSSR count). The Balaban J connectivity index is 2.77. The van der Waals surface area contributed by atoms with Crippen LogP contribution in [0.2, 0.25) is 0 Å². The van der Waals surface area contributed by atoms with E-state index in [0.29, 0.717) is 5.69 Å². The third-order valence-corrected chi connectivity index (χ3v) is 4.03. The number of rotatable bonds is 7. The van der Waals surface area contributed by atoms with Crippen LogP contribution in [0.1, 0.15) is 20.3 Å². The van der Waals surface area contributed by atoms with E-state index in [0.717, 1.165) is 4.47 Å². The van der Waals surface area contributed by atoms with Crippen molar-refractivity contribution < 1.29 is 18.3 Å². The number of halogens is 1. The Morgan fingerprint density at radius 1 is 1.30 bits per heavy atom. The fraction of sp³-hybridized carbons (Fsp3) is 0.417. The maximum atomic E-state index is 11.9. The third-order valence-electron chi connectivity index (χ3n) is 2.40. The summed E-state index contributed by atoms with van der Waals surface area (Å²) in [5, 5.41) is 9.03.